The molecule has 8 nitrogen and oxygen atoms in total. The molecule has 0 bridgehead atoms. The minimum atomic E-state index is -1.20. The van der Waals surface area contributed by atoms with E-state index in [4.69, 9.17) is 10.8 Å². The summed E-state index contributed by atoms with van der Waals surface area (Å²) >= 11 is 0. The number of nitrogens with one attached hydrogen (secondary N) is 1. The predicted octanol–water partition coefficient (Wildman–Crippen LogP) is -0.883. The number of amides is 3. The molecular formula is C12H21N3O5. The summed E-state index contributed by atoms with van der Waals surface area (Å²) in [6, 6.07) is -1.63. The van der Waals surface area contributed by atoms with Crippen LogP contribution in [-0.4, -0.2) is 58.3 Å². The van der Waals surface area contributed by atoms with Crippen LogP contribution in [0.5, 0.6) is 0 Å². The molecule has 3 amide bonds. The molecule has 1 fully saturated rings. The van der Waals surface area contributed by atoms with Crippen molar-refractivity contribution in [1.82, 2.24) is 10.2 Å². The van der Waals surface area contributed by atoms with Crippen molar-refractivity contribution in [2.45, 2.75) is 38.3 Å². The van der Waals surface area contributed by atoms with E-state index in [1.54, 1.807) is 6.92 Å². The van der Waals surface area contributed by atoms with Gasteiger partial charge in [0.05, 0.1) is 6.10 Å². The summed E-state index contributed by atoms with van der Waals surface area (Å²) in [5.41, 5.74) is 4.96. The molecule has 1 heterocycles. The highest BCUT2D eigenvalue weighted by Gasteiger charge is 2.31. The number of urea groups is 1. The Morgan fingerprint density at radius 1 is 1.45 bits per heavy atom. The van der Waals surface area contributed by atoms with Crippen molar-refractivity contribution in [3.63, 3.8) is 0 Å². The minimum absolute atomic E-state index is 0.00893. The summed E-state index contributed by atoms with van der Waals surface area (Å²) in [5, 5.41) is 20.8. The number of nitrogens with zero attached hydrogens (tertiary/aromatic N) is 1. The van der Waals surface area contributed by atoms with E-state index in [0.29, 0.717) is 19.5 Å². The first kappa shape index (κ1) is 16.2. The van der Waals surface area contributed by atoms with Gasteiger partial charge in [0.25, 0.3) is 0 Å². The number of carboxylic acid groups (broad SMARTS) is 1. The van der Waals surface area contributed by atoms with Gasteiger partial charge in [-0.15, -0.1) is 0 Å². The van der Waals surface area contributed by atoms with Gasteiger partial charge in [-0.2, -0.15) is 0 Å². The van der Waals surface area contributed by atoms with E-state index in [1.807, 2.05) is 0 Å². The number of aliphatic carboxylic acids is 1. The molecule has 0 radical (unpaired) electrons. The van der Waals surface area contributed by atoms with Crippen molar-refractivity contribution in [2.24, 2.45) is 11.7 Å². The number of hydrogen-bond donors (Lipinski definition) is 4. The second-order valence-electron chi connectivity index (χ2n) is 5.08. The molecule has 20 heavy (non-hydrogen) atoms. The van der Waals surface area contributed by atoms with Crippen LogP contribution in [0, 0.1) is 5.92 Å². The summed E-state index contributed by atoms with van der Waals surface area (Å²) in [5.74, 6) is -1.80. The molecule has 0 aromatic rings. The number of aliphatic hydroxyl groups excluding tert-OH is 1. The van der Waals surface area contributed by atoms with Crippen molar-refractivity contribution in [2.75, 3.05) is 13.1 Å². The maximum absolute atomic E-state index is 11.9. The quantitative estimate of drug-likeness (QED) is 0.503. The Kier molecular flexibility index (Phi) is 5.75. The lowest BCUT2D eigenvalue weighted by molar-refractivity contribution is -0.139. The highest BCUT2D eigenvalue weighted by molar-refractivity contribution is 5.83. The number of carboxylic acids is 1. The fourth-order valence-corrected chi connectivity index (χ4v) is 2.15. The van der Waals surface area contributed by atoms with Gasteiger partial charge in [-0.1, -0.05) is 0 Å². The number of hydrogen-bond acceptors (Lipinski definition) is 4. The summed E-state index contributed by atoms with van der Waals surface area (Å²) < 4.78 is 0. The predicted molar refractivity (Wildman–Crippen MR) is 69.7 cm³/mol. The van der Waals surface area contributed by atoms with Crippen molar-refractivity contribution >= 4 is 17.9 Å². The maximum Gasteiger partial charge on any atom is 0.326 e. The first-order chi connectivity index (χ1) is 9.31. The van der Waals surface area contributed by atoms with Gasteiger partial charge in [0.15, 0.2) is 0 Å². The molecule has 0 saturated carbocycles. The number of rotatable bonds is 6. The Bertz CT molecular complexity index is 385. The van der Waals surface area contributed by atoms with Crippen LogP contribution < -0.4 is 11.1 Å². The number of likely N-dealkylation sites (tertiary alicyclic amines) is 1. The second-order valence-corrected chi connectivity index (χ2v) is 5.08. The monoisotopic (exact) mass is 287 g/mol. The third-order valence-electron chi connectivity index (χ3n) is 3.47. The normalized spacial score (nSPS) is 21.3. The van der Waals surface area contributed by atoms with Crippen molar-refractivity contribution in [1.29, 1.82) is 0 Å². The molecule has 5 N–H and O–H groups in total. The smallest absolute Gasteiger partial charge is 0.326 e. The first-order valence-electron chi connectivity index (χ1n) is 6.56. The number of primary amides is 1. The van der Waals surface area contributed by atoms with Crippen molar-refractivity contribution < 1.29 is 24.6 Å². The van der Waals surface area contributed by atoms with Gasteiger partial charge in [0.2, 0.25) is 5.91 Å². The molecule has 0 aromatic heterocycles. The average Bonchev–Trinajstić information content (AvgIpc) is 2.83. The standard InChI is InChI=1S/C12H21N3O5/c1-7(16)8-4-5-15(6-8)12(20)14-9(11(18)19)2-3-10(13)17/h7-9,16H,2-6H2,1H3,(H2,13,17)(H,14,20)(H,18,19)/t7?,8?,9-/m0/s1. The molecule has 1 aliphatic rings. The van der Waals surface area contributed by atoms with Gasteiger partial charge >= 0.3 is 12.0 Å². The molecular weight excluding hydrogens is 266 g/mol. The molecule has 1 rings (SSSR count). The van der Waals surface area contributed by atoms with Crippen LogP contribution in [0.2, 0.25) is 0 Å². The molecule has 1 aliphatic heterocycles. The Hall–Kier alpha value is -1.83. The lowest BCUT2D eigenvalue weighted by Gasteiger charge is -2.21. The molecule has 0 aliphatic carbocycles. The zero-order valence-electron chi connectivity index (χ0n) is 11.4. The molecule has 1 saturated heterocycles. The zero-order chi connectivity index (χ0) is 15.3. The summed E-state index contributed by atoms with van der Waals surface area (Å²) in [7, 11) is 0. The third-order valence-corrected chi connectivity index (χ3v) is 3.47. The first-order valence-corrected chi connectivity index (χ1v) is 6.56. The number of carbonyl (C=O) groups excluding carboxylic acids is 2. The van der Waals surface area contributed by atoms with Crippen molar-refractivity contribution in [3.05, 3.63) is 0 Å². The van der Waals surface area contributed by atoms with Crippen LogP contribution in [-0.2, 0) is 9.59 Å². The fourth-order valence-electron chi connectivity index (χ4n) is 2.15. The van der Waals surface area contributed by atoms with E-state index in [-0.39, 0.29) is 18.8 Å². The highest BCUT2D eigenvalue weighted by atomic mass is 16.4. The average molecular weight is 287 g/mol. The molecule has 3 atom stereocenters. The third kappa shape index (κ3) is 4.69. The van der Waals surface area contributed by atoms with Gasteiger partial charge < -0.3 is 26.2 Å². The largest absolute Gasteiger partial charge is 0.480 e. The lowest BCUT2D eigenvalue weighted by Crippen LogP contribution is -2.47. The molecule has 0 aromatic carbocycles. The van der Waals surface area contributed by atoms with Gasteiger partial charge in [-0.25, -0.2) is 9.59 Å². The summed E-state index contributed by atoms with van der Waals surface area (Å²) in [6.45, 7) is 2.54. The molecule has 8 heteroatoms. The van der Waals surface area contributed by atoms with Crippen molar-refractivity contribution in [3.8, 4) is 0 Å². The zero-order valence-corrected chi connectivity index (χ0v) is 11.4. The van der Waals surface area contributed by atoms with Crippen LogP contribution in [0.25, 0.3) is 0 Å². The Labute approximate surface area is 116 Å². The SMILES string of the molecule is CC(O)C1CCN(C(=O)N[C@@H](CCC(N)=O)C(=O)O)C1. The molecule has 0 spiro atoms. The number of aliphatic hydroxyl groups is 1. The van der Waals surface area contributed by atoms with Gasteiger partial charge in [0.1, 0.15) is 6.04 Å². The van der Waals surface area contributed by atoms with Crippen LogP contribution in [0.4, 0.5) is 4.79 Å². The second kappa shape index (κ2) is 7.09. The van der Waals surface area contributed by atoms with Crippen LogP contribution >= 0.6 is 0 Å². The van der Waals surface area contributed by atoms with Crippen LogP contribution in [0.1, 0.15) is 26.2 Å². The van der Waals surface area contributed by atoms with E-state index >= 15 is 0 Å². The highest BCUT2D eigenvalue weighted by Crippen LogP contribution is 2.19. The van der Waals surface area contributed by atoms with Gasteiger partial charge in [0, 0.05) is 25.4 Å². The Balaban J connectivity index is 2.50. The van der Waals surface area contributed by atoms with E-state index in [2.05, 4.69) is 5.32 Å². The Morgan fingerprint density at radius 2 is 2.10 bits per heavy atom. The Morgan fingerprint density at radius 3 is 2.55 bits per heavy atom. The van der Waals surface area contributed by atoms with Gasteiger partial charge in [-0.05, 0) is 19.8 Å². The topological polar surface area (TPSA) is 133 Å². The van der Waals surface area contributed by atoms with E-state index in [9.17, 15) is 19.5 Å². The molecule has 114 valence electrons. The summed E-state index contributed by atoms with van der Waals surface area (Å²) in [6.07, 6.45) is 0.0415. The van der Waals surface area contributed by atoms with E-state index < -0.39 is 30.1 Å². The number of carbonyl (C=O) groups is 3. The van der Waals surface area contributed by atoms with Crippen LogP contribution in [0.15, 0.2) is 0 Å². The number of nitrogens with two attached hydrogens (primary N) is 1. The summed E-state index contributed by atoms with van der Waals surface area (Å²) in [4.78, 5) is 35.1. The maximum atomic E-state index is 11.9. The fraction of sp³-hybridized carbons (Fsp3) is 0.750. The lowest BCUT2D eigenvalue weighted by atomic mass is 10.0. The van der Waals surface area contributed by atoms with Crippen LogP contribution in [0.3, 0.4) is 0 Å². The minimum Gasteiger partial charge on any atom is -0.480 e. The van der Waals surface area contributed by atoms with E-state index in [0.717, 1.165) is 0 Å². The van der Waals surface area contributed by atoms with Gasteiger partial charge in [-0.3, -0.25) is 4.79 Å². The molecule has 2 unspecified atom stereocenters. The van der Waals surface area contributed by atoms with E-state index in [1.165, 1.54) is 4.90 Å².